The van der Waals surface area contributed by atoms with Crippen molar-refractivity contribution in [3.8, 4) is 96.0 Å². The highest BCUT2D eigenvalue weighted by molar-refractivity contribution is 6.12. The molecule has 0 fully saturated rings. The number of hydrogen-bond donors (Lipinski definition) is 0. The van der Waals surface area contributed by atoms with Gasteiger partial charge in [-0.2, -0.15) is 0 Å². The van der Waals surface area contributed by atoms with Gasteiger partial charge in [-0.15, -0.1) is 0 Å². The van der Waals surface area contributed by atoms with E-state index in [0.29, 0.717) is 23.3 Å². The van der Waals surface area contributed by atoms with E-state index in [1.807, 2.05) is 24.3 Å². The number of fused-ring (bicyclic) bond motifs is 3. The van der Waals surface area contributed by atoms with E-state index in [2.05, 4.69) is 282 Å². The Morgan fingerprint density at radius 1 is 0.253 bits per heavy atom. The Kier molecular flexibility index (Phi) is 13.8. The van der Waals surface area contributed by atoms with Gasteiger partial charge in [0.05, 0.1) is 28.1 Å². The highest BCUT2D eigenvalue weighted by atomic mass is 15.1. The van der Waals surface area contributed by atoms with Crippen molar-refractivity contribution >= 4 is 21.8 Å². The minimum atomic E-state index is -0.148. The lowest BCUT2D eigenvalue weighted by Gasteiger charge is -2.26. The molecule has 6 heteroatoms. The van der Waals surface area contributed by atoms with Gasteiger partial charge in [-0.3, -0.25) is 0 Å². The minimum Gasteiger partial charge on any atom is -0.308 e. The highest BCUT2D eigenvalue weighted by Crippen LogP contribution is 2.43. The Morgan fingerprint density at radius 2 is 0.602 bits per heavy atom. The number of benzene rings is 9. The molecule has 9 aromatic carbocycles. The summed E-state index contributed by atoms with van der Waals surface area (Å²) < 4.78 is 2.41. The molecule has 12 rings (SSSR count). The van der Waals surface area contributed by atoms with Crippen LogP contribution in [0.5, 0.6) is 0 Å². The monoisotopic (exact) mass is 1080 g/mol. The first kappa shape index (κ1) is 54.5. The normalized spacial score (nSPS) is 12.3. The molecule has 0 radical (unpaired) electrons. The summed E-state index contributed by atoms with van der Waals surface area (Å²) in [5.41, 5.74) is 19.1. The lowest BCUT2D eigenvalue weighted by molar-refractivity contribution is 0.568. The summed E-state index contributed by atoms with van der Waals surface area (Å²) in [4.78, 5) is 27.6. The summed E-state index contributed by atoms with van der Waals surface area (Å²) in [6.45, 7) is 27.4. The molecule has 83 heavy (non-hydrogen) atoms. The summed E-state index contributed by atoms with van der Waals surface area (Å²) >= 11 is 0. The van der Waals surface area contributed by atoms with E-state index < -0.39 is 0 Å². The Hall–Kier alpha value is -9.13. The smallest absolute Gasteiger partial charge is 0.166 e. The van der Waals surface area contributed by atoms with E-state index in [9.17, 15) is 0 Å². The van der Waals surface area contributed by atoms with Gasteiger partial charge in [-0.25, -0.2) is 24.9 Å². The predicted octanol–water partition coefficient (Wildman–Crippen LogP) is 20.3. The molecule has 410 valence electrons. The topological polar surface area (TPSA) is 69.4 Å². The second-order valence-corrected chi connectivity index (χ2v) is 26.4. The summed E-state index contributed by atoms with van der Waals surface area (Å²) in [7, 11) is 0. The molecule has 0 saturated carbocycles. The number of hydrogen-bond acceptors (Lipinski definition) is 5. The van der Waals surface area contributed by atoms with Crippen molar-refractivity contribution in [2.45, 2.75) is 105 Å². The molecule has 6 nitrogen and oxygen atoms in total. The predicted molar refractivity (Wildman–Crippen MR) is 348 cm³/mol. The van der Waals surface area contributed by atoms with E-state index in [4.69, 9.17) is 24.9 Å². The van der Waals surface area contributed by atoms with Crippen molar-refractivity contribution in [2.75, 3.05) is 0 Å². The summed E-state index contributed by atoms with van der Waals surface area (Å²) in [5, 5.41) is 2.29. The Bertz CT molecular complexity index is 4060. The Morgan fingerprint density at radius 3 is 1.01 bits per heavy atom. The zero-order valence-electron chi connectivity index (χ0n) is 50.0. The van der Waals surface area contributed by atoms with Crippen molar-refractivity contribution < 1.29 is 0 Å². The molecule has 0 unspecified atom stereocenters. The second-order valence-electron chi connectivity index (χ2n) is 26.4. The van der Waals surface area contributed by atoms with Gasteiger partial charge in [0.1, 0.15) is 0 Å². The van der Waals surface area contributed by atoms with Gasteiger partial charge in [0.15, 0.2) is 23.3 Å². The van der Waals surface area contributed by atoms with Crippen LogP contribution in [0.1, 0.15) is 105 Å². The first-order valence-electron chi connectivity index (χ1n) is 29.1. The molecule has 0 aliphatic carbocycles. The molecule has 12 aromatic rings. The third-order valence-electron chi connectivity index (χ3n) is 16.1. The molecule has 0 saturated heterocycles. The molecule has 3 aromatic heterocycles. The second kappa shape index (κ2) is 21.0. The molecule has 0 aliphatic heterocycles. The molecule has 0 bridgehead atoms. The van der Waals surface area contributed by atoms with Gasteiger partial charge >= 0.3 is 0 Å². The zero-order chi connectivity index (χ0) is 58.0. The molecule has 0 N–H and O–H groups in total. The van der Waals surface area contributed by atoms with Crippen LogP contribution in [0.15, 0.2) is 218 Å². The van der Waals surface area contributed by atoms with Crippen LogP contribution >= 0.6 is 0 Å². The van der Waals surface area contributed by atoms with Crippen LogP contribution in [0.2, 0.25) is 0 Å². The first-order chi connectivity index (χ1) is 39.6. The third-order valence-corrected chi connectivity index (χ3v) is 16.1. The summed E-state index contributed by atoms with van der Waals surface area (Å²) in [6.07, 6.45) is 0. The van der Waals surface area contributed by atoms with Crippen LogP contribution in [0.4, 0.5) is 0 Å². The van der Waals surface area contributed by atoms with Crippen molar-refractivity contribution in [1.82, 2.24) is 29.5 Å². The van der Waals surface area contributed by atoms with Gasteiger partial charge in [0.25, 0.3) is 0 Å². The van der Waals surface area contributed by atoms with Crippen LogP contribution in [0.3, 0.4) is 0 Å². The fraction of sp³-hybridized carbons (Fsp3) is 0.208. The van der Waals surface area contributed by atoms with Gasteiger partial charge in [0.2, 0.25) is 0 Å². The van der Waals surface area contributed by atoms with E-state index >= 15 is 0 Å². The largest absolute Gasteiger partial charge is 0.308 e. The van der Waals surface area contributed by atoms with Crippen LogP contribution in [0.25, 0.3) is 118 Å². The van der Waals surface area contributed by atoms with Crippen LogP contribution in [-0.4, -0.2) is 29.5 Å². The van der Waals surface area contributed by atoms with Crippen LogP contribution < -0.4 is 0 Å². The van der Waals surface area contributed by atoms with E-state index in [1.54, 1.807) is 0 Å². The minimum absolute atomic E-state index is 0.148. The Balaban J connectivity index is 1.20. The SMILES string of the molecule is CC(C)(C)c1cc(-c2nc(-c3cc(C(C)(C)C)cc(C(C)(C)C)c3)nc(-c3cc(-c4cc(-c5ccccc5)nc(-c5ccccc5)n4)ccc3-n3c4ccc(-c5ccccc5)cc4c4cc(-c5ccccc5)ccc43)n2)cc(C(C)(C)C)c1. The van der Waals surface area contributed by atoms with Gasteiger partial charge in [0, 0.05) is 44.2 Å². The van der Waals surface area contributed by atoms with E-state index in [-0.39, 0.29) is 21.7 Å². The maximum absolute atomic E-state index is 5.72. The molecule has 3 heterocycles. The number of nitrogens with zero attached hydrogens (tertiary/aromatic N) is 6. The zero-order valence-corrected chi connectivity index (χ0v) is 50.0. The molecule has 0 spiro atoms. The van der Waals surface area contributed by atoms with E-state index in [1.165, 1.54) is 22.3 Å². The van der Waals surface area contributed by atoms with Gasteiger partial charge in [-0.05, 0) is 133 Å². The fourth-order valence-electron chi connectivity index (χ4n) is 11.0. The van der Waals surface area contributed by atoms with Crippen molar-refractivity contribution in [2.24, 2.45) is 0 Å². The quantitative estimate of drug-likeness (QED) is 0.144. The molecule has 0 atom stereocenters. The highest BCUT2D eigenvalue weighted by Gasteiger charge is 2.27. The molecule has 0 aliphatic rings. The van der Waals surface area contributed by atoms with Gasteiger partial charge in [-0.1, -0.05) is 235 Å². The van der Waals surface area contributed by atoms with Crippen LogP contribution in [0, 0.1) is 0 Å². The average Bonchev–Trinajstić information content (AvgIpc) is 2.76. The third kappa shape index (κ3) is 11.1. The molecule has 0 amide bonds. The number of aromatic nitrogens is 6. The van der Waals surface area contributed by atoms with Crippen LogP contribution in [-0.2, 0) is 21.7 Å². The lowest BCUT2D eigenvalue weighted by atomic mass is 9.79. The first-order valence-corrected chi connectivity index (χ1v) is 29.1. The van der Waals surface area contributed by atoms with Gasteiger partial charge < -0.3 is 4.57 Å². The maximum atomic E-state index is 5.72. The number of rotatable bonds is 9. The average molecular weight is 1080 g/mol. The van der Waals surface area contributed by atoms with Crippen molar-refractivity contribution in [1.29, 1.82) is 0 Å². The van der Waals surface area contributed by atoms with E-state index in [0.717, 1.165) is 94.5 Å². The molecular weight excluding hydrogens is 1010 g/mol. The lowest BCUT2D eigenvalue weighted by Crippen LogP contribution is -2.17. The maximum Gasteiger partial charge on any atom is 0.166 e. The summed E-state index contributed by atoms with van der Waals surface area (Å²) in [5.74, 6) is 2.41. The summed E-state index contributed by atoms with van der Waals surface area (Å²) in [6, 6.07) is 78.4. The fourth-order valence-corrected chi connectivity index (χ4v) is 11.0. The standard InChI is InChI=1S/C77H72N6/c1-74(2,3)58-39-56(40-59(46-58)75(4,5)6)71-80-72(57-41-60(76(7,8)9)47-61(42-57)77(10,11)12)82-73(81-71)64-45-55(66-48-65(51-29-21-15-22-30-51)78-70(79-66)52-31-23-16-24-32-52)35-38-69(64)83-67-36-33-53(49-25-17-13-18-26-49)43-62(67)63-44-54(34-37-68(63)83)50-27-19-14-20-28-50/h13-48H,1-12H3. The van der Waals surface area contributed by atoms with Crippen molar-refractivity contribution in [3.63, 3.8) is 0 Å². The Labute approximate surface area is 490 Å². The van der Waals surface area contributed by atoms with Crippen molar-refractivity contribution in [3.05, 3.63) is 241 Å². The molecular formula is C77H72N6.